The number of halogens is 3. The normalized spacial score (nSPS) is 21.8. The lowest BCUT2D eigenvalue weighted by atomic mass is 9.99. The number of amides is 1. The number of piperidine rings is 1. The quantitative estimate of drug-likeness (QED) is 0.661. The van der Waals surface area contributed by atoms with Crippen LogP contribution in [0.25, 0.3) is 5.69 Å². The Bertz CT molecular complexity index is 1030. The molecular weight excluding hydrogens is 465 g/mol. The number of aromatic nitrogens is 2. The highest BCUT2D eigenvalue weighted by Gasteiger charge is 2.33. The molecule has 4 rings (SSSR count). The average Bonchev–Trinajstić information content (AvgIpc) is 3.12. The topological polar surface area (TPSA) is 77.9 Å². The van der Waals surface area contributed by atoms with E-state index < -0.39 is 6.36 Å². The van der Waals surface area contributed by atoms with Crippen molar-refractivity contribution in [2.45, 2.75) is 57.7 Å². The SMILES string of the molecule is CO[C@@H]1COCC[C@@H]1NC1CCN(C(=O)c2c(C)nn(-c3cccc(OC(F)(F)F)c3)c2C)CC1. The first-order chi connectivity index (χ1) is 16.7. The van der Waals surface area contributed by atoms with Gasteiger partial charge in [0.05, 0.1) is 35.3 Å². The van der Waals surface area contributed by atoms with Gasteiger partial charge in [-0.1, -0.05) is 6.07 Å². The second kappa shape index (κ2) is 10.5. The Morgan fingerprint density at radius 2 is 1.94 bits per heavy atom. The molecule has 1 aromatic heterocycles. The zero-order valence-corrected chi connectivity index (χ0v) is 20.1. The molecular formula is C24H31F3N4O4. The van der Waals surface area contributed by atoms with Crippen LogP contribution in [0.1, 0.15) is 41.0 Å². The van der Waals surface area contributed by atoms with E-state index in [0.29, 0.717) is 55.0 Å². The summed E-state index contributed by atoms with van der Waals surface area (Å²) in [6.07, 6.45) is -2.22. The van der Waals surface area contributed by atoms with Gasteiger partial charge in [-0.2, -0.15) is 5.10 Å². The largest absolute Gasteiger partial charge is 0.573 e. The summed E-state index contributed by atoms with van der Waals surface area (Å²) < 4.78 is 54.4. The molecule has 1 N–H and O–H groups in total. The molecule has 0 bridgehead atoms. The van der Waals surface area contributed by atoms with Crippen molar-refractivity contribution in [1.29, 1.82) is 0 Å². The van der Waals surface area contributed by atoms with E-state index in [0.717, 1.165) is 19.3 Å². The lowest BCUT2D eigenvalue weighted by molar-refractivity contribution is -0.274. The average molecular weight is 497 g/mol. The minimum atomic E-state index is -4.79. The molecule has 0 aliphatic carbocycles. The highest BCUT2D eigenvalue weighted by molar-refractivity contribution is 5.96. The fourth-order valence-corrected chi connectivity index (χ4v) is 4.86. The lowest BCUT2D eigenvalue weighted by Crippen LogP contribution is -2.54. The molecule has 2 saturated heterocycles. The Morgan fingerprint density at radius 1 is 1.20 bits per heavy atom. The molecule has 35 heavy (non-hydrogen) atoms. The summed E-state index contributed by atoms with van der Waals surface area (Å²) >= 11 is 0. The summed E-state index contributed by atoms with van der Waals surface area (Å²) in [5.41, 5.74) is 1.96. The zero-order valence-electron chi connectivity index (χ0n) is 20.1. The van der Waals surface area contributed by atoms with Gasteiger partial charge in [-0.25, -0.2) is 4.68 Å². The number of likely N-dealkylation sites (tertiary alicyclic amines) is 1. The van der Waals surface area contributed by atoms with Gasteiger partial charge in [0.25, 0.3) is 5.91 Å². The Hall–Kier alpha value is -2.63. The lowest BCUT2D eigenvalue weighted by Gasteiger charge is -2.38. The molecule has 192 valence electrons. The van der Waals surface area contributed by atoms with E-state index in [1.165, 1.54) is 22.9 Å². The summed E-state index contributed by atoms with van der Waals surface area (Å²) in [5, 5.41) is 8.11. The number of carbonyl (C=O) groups is 1. The van der Waals surface area contributed by atoms with Gasteiger partial charge >= 0.3 is 6.36 Å². The Kier molecular flexibility index (Phi) is 7.67. The van der Waals surface area contributed by atoms with Crippen molar-refractivity contribution in [3.8, 4) is 11.4 Å². The molecule has 2 aliphatic rings. The number of aryl methyl sites for hydroxylation is 1. The molecule has 2 atom stereocenters. The molecule has 8 nitrogen and oxygen atoms in total. The Balaban J connectivity index is 1.42. The number of hydrogen-bond donors (Lipinski definition) is 1. The number of benzene rings is 1. The van der Waals surface area contributed by atoms with Crippen LogP contribution in [0.2, 0.25) is 0 Å². The first-order valence-electron chi connectivity index (χ1n) is 11.7. The second-order valence-corrected chi connectivity index (χ2v) is 8.98. The molecule has 1 amide bonds. The number of hydrogen-bond acceptors (Lipinski definition) is 6. The van der Waals surface area contributed by atoms with Crippen LogP contribution in [-0.2, 0) is 9.47 Å². The molecule has 11 heteroatoms. The van der Waals surface area contributed by atoms with E-state index >= 15 is 0 Å². The number of ether oxygens (including phenoxy) is 3. The van der Waals surface area contributed by atoms with Crippen LogP contribution in [0.4, 0.5) is 13.2 Å². The third-order valence-corrected chi connectivity index (χ3v) is 6.64. The van der Waals surface area contributed by atoms with Gasteiger partial charge in [0.15, 0.2) is 0 Å². The summed E-state index contributed by atoms with van der Waals surface area (Å²) in [6.45, 7) is 5.99. The summed E-state index contributed by atoms with van der Waals surface area (Å²) in [6, 6.07) is 6.09. The van der Waals surface area contributed by atoms with Crippen LogP contribution in [0.3, 0.4) is 0 Å². The van der Waals surface area contributed by atoms with Crippen LogP contribution < -0.4 is 10.1 Å². The summed E-state index contributed by atoms with van der Waals surface area (Å²) in [5.74, 6) is -0.460. The van der Waals surface area contributed by atoms with Gasteiger partial charge in [0.1, 0.15) is 5.75 Å². The molecule has 0 radical (unpaired) electrons. The standard InChI is InChI=1S/C24H31F3N4O4/c1-15-22(16(2)31(29-15)18-5-4-6-19(13-18)35-24(25,26)27)23(32)30-10-7-17(8-11-30)28-20-9-12-34-14-21(20)33-3/h4-6,13,17,20-21,28H,7-12,14H2,1-3H3/t20-,21+/m0/s1. The maximum absolute atomic E-state index is 13.4. The van der Waals surface area contributed by atoms with Crippen molar-refractivity contribution in [2.24, 2.45) is 0 Å². The van der Waals surface area contributed by atoms with Crippen LogP contribution in [0.15, 0.2) is 24.3 Å². The molecule has 2 fully saturated rings. The van der Waals surface area contributed by atoms with Crippen LogP contribution >= 0.6 is 0 Å². The van der Waals surface area contributed by atoms with Crippen LogP contribution in [0.5, 0.6) is 5.75 Å². The van der Waals surface area contributed by atoms with E-state index in [-0.39, 0.29) is 23.8 Å². The van der Waals surface area contributed by atoms with Gasteiger partial charge in [-0.05, 0) is 45.2 Å². The second-order valence-electron chi connectivity index (χ2n) is 8.98. The fourth-order valence-electron chi connectivity index (χ4n) is 4.86. The number of carbonyl (C=O) groups excluding carboxylic acids is 1. The van der Waals surface area contributed by atoms with Gasteiger partial charge in [-0.15, -0.1) is 13.2 Å². The van der Waals surface area contributed by atoms with E-state index in [2.05, 4.69) is 15.2 Å². The maximum atomic E-state index is 13.4. The maximum Gasteiger partial charge on any atom is 0.573 e. The molecule has 0 spiro atoms. The van der Waals surface area contributed by atoms with Crippen molar-refractivity contribution in [1.82, 2.24) is 20.0 Å². The number of nitrogens with zero attached hydrogens (tertiary/aromatic N) is 3. The highest BCUT2D eigenvalue weighted by atomic mass is 19.4. The van der Waals surface area contributed by atoms with Crippen molar-refractivity contribution in [3.05, 3.63) is 41.2 Å². The monoisotopic (exact) mass is 496 g/mol. The van der Waals surface area contributed by atoms with E-state index in [9.17, 15) is 18.0 Å². The predicted molar refractivity (Wildman–Crippen MR) is 122 cm³/mol. The number of alkyl halides is 3. The smallest absolute Gasteiger partial charge is 0.406 e. The highest BCUT2D eigenvalue weighted by Crippen LogP contribution is 2.27. The molecule has 2 aromatic rings. The Labute approximate surface area is 202 Å². The number of nitrogens with one attached hydrogen (secondary N) is 1. The van der Waals surface area contributed by atoms with E-state index in [1.54, 1.807) is 27.0 Å². The van der Waals surface area contributed by atoms with Gasteiger partial charge < -0.3 is 24.4 Å². The third-order valence-electron chi connectivity index (χ3n) is 6.64. The summed E-state index contributed by atoms with van der Waals surface area (Å²) in [4.78, 5) is 15.2. The third kappa shape index (κ3) is 5.96. The molecule has 0 unspecified atom stereocenters. The molecule has 2 aliphatic heterocycles. The van der Waals surface area contributed by atoms with Crippen molar-refractivity contribution in [3.63, 3.8) is 0 Å². The molecule has 0 saturated carbocycles. The molecule has 3 heterocycles. The van der Waals surface area contributed by atoms with Gasteiger partial charge in [-0.3, -0.25) is 4.79 Å². The van der Waals surface area contributed by atoms with E-state index in [1.807, 2.05) is 4.90 Å². The first kappa shape index (κ1) is 25.5. The number of rotatable bonds is 6. The van der Waals surface area contributed by atoms with Crippen molar-refractivity contribution in [2.75, 3.05) is 33.4 Å². The van der Waals surface area contributed by atoms with Crippen LogP contribution in [-0.4, -0.2) is 78.6 Å². The van der Waals surface area contributed by atoms with Gasteiger partial charge in [0.2, 0.25) is 0 Å². The first-order valence-corrected chi connectivity index (χ1v) is 11.7. The zero-order chi connectivity index (χ0) is 25.2. The Morgan fingerprint density at radius 3 is 2.63 bits per heavy atom. The fraction of sp³-hybridized carbons (Fsp3) is 0.583. The molecule has 1 aromatic carbocycles. The predicted octanol–water partition coefficient (Wildman–Crippen LogP) is 3.39. The van der Waals surface area contributed by atoms with Crippen molar-refractivity contribution >= 4 is 5.91 Å². The van der Waals surface area contributed by atoms with E-state index in [4.69, 9.17) is 9.47 Å². The number of methoxy groups -OCH3 is 1. The van der Waals surface area contributed by atoms with Crippen LogP contribution in [0, 0.1) is 13.8 Å². The van der Waals surface area contributed by atoms with Crippen molar-refractivity contribution < 1.29 is 32.2 Å². The summed E-state index contributed by atoms with van der Waals surface area (Å²) in [7, 11) is 1.69. The minimum Gasteiger partial charge on any atom is -0.406 e. The minimum absolute atomic E-state index is 0.0274. The van der Waals surface area contributed by atoms with Gasteiger partial charge in [0, 0.05) is 45.0 Å².